The summed E-state index contributed by atoms with van der Waals surface area (Å²) in [5, 5.41) is 6.55. The van der Waals surface area contributed by atoms with Crippen LogP contribution >= 0.6 is 23.4 Å². The molecule has 0 spiro atoms. The first-order valence-corrected chi connectivity index (χ1v) is 12.3. The Labute approximate surface area is 196 Å². The van der Waals surface area contributed by atoms with Crippen molar-refractivity contribution in [2.24, 2.45) is 5.92 Å². The zero-order valence-electron chi connectivity index (χ0n) is 18.7. The van der Waals surface area contributed by atoms with Crippen molar-refractivity contribution in [3.8, 4) is 11.5 Å². The van der Waals surface area contributed by atoms with Gasteiger partial charge in [-0.3, -0.25) is 9.59 Å². The number of benzene rings is 1. The van der Waals surface area contributed by atoms with Crippen LogP contribution in [0.15, 0.2) is 21.8 Å². The van der Waals surface area contributed by atoms with Gasteiger partial charge in [-0.05, 0) is 58.2 Å². The number of rotatable bonds is 5. The first-order valence-electron chi connectivity index (χ1n) is 10.7. The minimum Gasteiger partial charge on any atom is -0.448 e. The highest BCUT2D eigenvalue weighted by molar-refractivity contribution is 7.98. The van der Waals surface area contributed by atoms with Crippen molar-refractivity contribution in [1.29, 1.82) is 0 Å². The monoisotopic (exact) mass is 477 g/mol. The van der Waals surface area contributed by atoms with Gasteiger partial charge in [-0.1, -0.05) is 11.6 Å². The molecule has 1 amide bonds. The van der Waals surface area contributed by atoms with Crippen LogP contribution in [0.2, 0.25) is 5.02 Å². The van der Waals surface area contributed by atoms with E-state index in [1.165, 1.54) is 11.8 Å². The second kappa shape index (κ2) is 9.00. The first kappa shape index (κ1) is 23.0. The molecule has 1 aromatic carbocycles. The minimum absolute atomic E-state index is 0.114. The number of aryl methyl sites for hydroxylation is 1. The Kier molecular flexibility index (Phi) is 6.47. The maximum absolute atomic E-state index is 13.0. The minimum atomic E-state index is -0.809. The van der Waals surface area contributed by atoms with E-state index < -0.39 is 5.79 Å². The Hall–Kier alpha value is -2.16. The summed E-state index contributed by atoms with van der Waals surface area (Å²) in [6.07, 6.45) is 3.79. The molecule has 7 nitrogen and oxygen atoms in total. The van der Waals surface area contributed by atoms with E-state index >= 15 is 0 Å². The van der Waals surface area contributed by atoms with Crippen LogP contribution in [0.4, 0.5) is 0 Å². The number of H-pyrrole nitrogens is 1. The number of thioether (sulfide) groups is 1. The number of halogens is 1. The van der Waals surface area contributed by atoms with Crippen LogP contribution in [0.25, 0.3) is 0 Å². The maximum atomic E-state index is 13.0. The molecule has 1 fully saturated rings. The van der Waals surface area contributed by atoms with Gasteiger partial charge in [-0.25, -0.2) is 0 Å². The van der Waals surface area contributed by atoms with Crippen molar-refractivity contribution in [2.75, 3.05) is 19.3 Å². The molecule has 0 radical (unpaired) electrons. The highest BCUT2D eigenvalue weighted by Crippen LogP contribution is 2.50. The first-order chi connectivity index (χ1) is 15.2. The Morgan fingerprint density at radius 2 is 1.94 bits per heavy atom. The normalized spacial score (nSPS) is 20.4. The van der Waals surface area contributed by atoms with Gasteiger partial charge in [0.25, 0.3) is 17.3 Å². The van der Waals surface area contributed by atoms with Crippen molar-refractivity contribution in [3.05, 3.63) is 49.9 Å². The molecule has 1 atom stereocenters. The van der Waals surface area contributed by atoms with Crippen LogP contribution in [0.3, 0.4) is 0 Å². The third kappa shape index (κ3) is 4.23. The van der Waals surface area contributed by atoms with Crippen LogP contribution in [0, 0.1) is 19.8 Å². The fourth-order valence-electron chi connectivity index (χ4n) is 4.39. The number of nitrogens with one attached hydrogen (secondary N) is 3. The maximum Gasteiger partial charge on any atom is 0.254 e. The second-order valence-electron chi connectivity index (χ2n) is 8.44. The van der Waals surface area contributed by atoms with Gasteiger partial charge in [0, 0.05) is 46.7 Å². The van der Waals surface area contributed by atoms with E-state index in [4.69, 9.17) is 21.1 Å². The Balaban J connectivity index is 1.57. The molecular weight excluding hydrogens is 450 g/mol. The average molecular weight is 478 g/mol. The fourth-order valence-corrected chi connectivity index (χ4v) is 5.33. The van der Waals surface area contributed by atoms with Gasteiger partial charge in [0.2, 0.25) is 0 Å². The number of ether oxygens (including phenoxy) is 2. The summed E-state index contributed by atoms with van der Waals surface area (Å²) in [6, 6.07) is 3.51. The number of carbonyl (C=O) groups is 1. The summed E-state index contributed by atoms with van der Waals surface area (Å²) in [7, 11) is 0. The van der Waals surface area contributed by atoms with E-state index in [2.05, 4.69) is 15.6 Å². The number of piperidine rings is 1. The van der Waals surface area contributed by atoms with Gasteiger partial charge in [0.15, 0.2) is 11.5 Å². The van der Waals surface area contributed by atoms with E-state index in [-0.39, 0.29) is 23.9 Å². The number of hydrogen-bond acceptors (Lipinski definition) is 6. The largest absolute Gasteiger partial charge is 0.448 e. The van der Waals surface area contributed by atoms with Gasteiger partial charge >= 0.3 is 0 Å². The van der Waals surface area contributed by atoms with Gasteiger partial charge in [0.1, 0.15) is 0 Å². The lowest BCUT2D eigenvalue weighted by atomic mass is 9.90. The Morgan fingerprint density at radius 1 is 1.25 bits per heavy atom. The quantitative estimate of drug-likeness (QED) is 0.567. The van der Waals surface area contributed by atoms with E-state index in [9.17, 15) is 9.59 Å². The van der Waals surface area contributed by atoms with Crippen molar-refractivity contribution in [1.82, 2.24) is 15.6 Å². The molecule has 3 N–H and O–H groups in total. The summed E-state index contributed by atoms with van der Waals surface area (Å²) >= 11 is 7.98. The zero-order chi connectivity index (χ0) is 23.0. The molecule has 2 aliphatic rings. The average Bonchev–Trinajstić information content (AvgIpc) is 3.15. The highest BCUT2D eigenvalue weighted by atomic mass is 35.5. The van der Waals surface area contributed by atoms with Crippen molar-refractivity contribution < 1.29 is 14.3 Å². The summed E-state index contributed by atoms with van der Waals surface area (Å²) in [4.78, 5) is 29.0. The predicted octanol–water partition coefficient (Wildman–Crippen LogP) is 3.78. The van der Waals surface area contributed by atoms with Crippen molar-refractivity contribution in [2.45, 2.75) is 50.8 Å². The zero-order valence-corrected chi connectivity index (χ0v) is 20.3. The molecule has 0 aliphatic carbocycles. The standard InChI is InChI=1S/C23H28ClN3O4S/c1-12-9-18(32-4)16(22(29)27-12)11-26-21(28)15-10-17(24)20-19(13(15)2)30-23(3,31-20)14-5-7-25-8-6-14/h9-10,14,25H,5-8,11H2,1-4H3,(H,26,28)(H,27,29). The molecule has 2 aromatic rings. The molecule has 1 aromatic heterocycles. The summed E-state index contributed by atoms with van der Waals surface area (Å²) in [5.74, 6) is 0.0969. The lowest BCUT2D eigenvalue weighted by Crippen LogP contribution is -2.47. The summed E-state index contributed by atoms with van der Waals surface area (Å²) < 4.78 is 12.5. The Bertz CT molecular complexity index is 1110. The molecule has 32 heavy (non-hydrogen) atoms. The predicted molar refractivity (Wildman–Crippen MR) is 126 cm³/mol. The lowest BCUT2D eigenvalue weighted by Gasteiger charge is -2.35. The van der Waals surface area contributed by atoms with Crippen LogP contribution in [-0.2, 0) is 6.54 Å². The number of carbonyl (C=O) groups excluding carboxylic acids is 1. The number of amides is 1. The number of aromatic amines is 1. The number of fused-ring (bicyclic) bond motifs is 1. The van der Waals surface area contributed by atoms with Crippen molar-refractivity contribution >= 4 is 29.3 Å². The van der Waals surface area contributed by atoms with Crippen LogP contribution in [0.1, 0.15) is 46.9 Å². The molecule has 0 bridgehead atoms. The van der Waals surface area contributed by atoms with E-state index in [1.54, 1.807) is 6.07 Å². The van der Waals surface area contributed by atoms with Gasteiger partial charge in [0.05, 0.1) is 5.02 Å². The fraction of sp³-hybridized carbons (Fsp3) is 0.478. The molecule has 172 valence electrons. The van der Waals surface area contributed by atoms with Gasteiger partial charge in [-0.2, -0.15) is 0 Å². The third-order valence-electron chi connectivity index (χ3n) is 6.25. The molecule has 0 saturated carbocycles. The number of aromatic nitrogens is 1. The lowest BCUT2D eigenvalue weighted by molar-refractivity contribution is -0.118. The van der Waals surface area contributed by atoms with E-state index in [0.717, 1.165) is 36.5 Å². The van der Waals surface area contributed by atoms with Crippen LogP contribution in [0.5, 0.6) is 11.5 Å². The summed E-state index contributed by atoms with van der Waals surface area (Å²) in [5.41, 5.74) is 2.18. The van der Waals surface area contributed by atoms with E-state index in [0.29, 0.717) is 33.2 Å². The highest BCUT2D eigenvalue weighted by Gasteiger charge is 2.46. The van der Waals surface area contributed by atoms with Crippen molar-refractivity contribution in [3.63, 3.8) is 0 Å². The Morgan fingerprint density at radius 3 is 2.62 bits per heavy atom. The van der Waals surface area contributed by atoms with Crippen LogP contribution in [-0.4, -0.2) is 36.0 Å². The van der Waals surface area contributed by atoms with Crippen LogP contribution < -0.4 is 25.7 Å². The molecule has 3 heterocycles. The molecule has 4 rings (SSSR count). The van der Waals surface area contributed by atoms with Gasteiger partial charge < -0.3 is 25.1 Å². The third-order valence-corrected chi connectivity index (χ3v) is 7.33. The smallest absolute Gasteiger partial charge is 0.254 e. The van der Waals surface area contributed by atoms with Gasteiger partial charge in [-0.15, -0.1) is 11.8 Å². The van der Waals surface area contributed by atoms with E-state index in [1.807, 2.05) is 33.1 Å². The molecule has 9 heteroatoms. The molecule has 1 saturated heterocycles. The molecule has 1 unspecified atom stereocenters. The number of pyridine rings is 1. The number of hydrogen-bond donors (Lipinski definition) is 3. The molecular formula is C23H28ClN3O4S. The topological polar surface area (TPSA) is 92.5 Å². The SMILES string of the molecule is CSc1cc(C)[nH]c(=O)c1CNC(=O)c1cc(Cl)c2c(c1C)OC(C)(C1CCNCC1)O2. The molecule has 2 aliphatic heterocycles. The second-order valence-corrected chi connectivity index (χ2v) is 9.70. The summed E-state index contributed by atoms with van der Waals surface area (Å²) in [6.45, 7) is 7.54.